The summed E-state index contributed by atoms with van der Waals surface area (Å²) < 4.78 is 13.1. The maximum absolute atomic E-state index is 13.1. The quantitative estimate of drug-likeness (QED) is 0.797. The van der Waals surface area contributed by atoms with E-state index in [1.807, 2.05) is 11.0 Å². The number of carbonyl (C=O) groups excluding carboxylic acids is 1. The number of rotatable bonds is 5. The third-order valence-corrected chi connectivity index (χ3v) is 5.27. The molecule has 1 atom stereocenters. The summed E-state index contributed by atoms with van der Waals surface area (Å²) in [6.45, 7) is 5.71. The number of piperidine rings is 1. The van der Waals surface area contributed by atoms with Crippen LogP contribution in [0.25, 0.3) is 11.4 Å². The van der Waals surface area contributed by atoms with Crippen molar-refractivity contribution in [2.45, 2.75) is 45.4 Å². The molecule has 0 radical (unpaired) electrons. The van der Waals surface area contributed by atoms with Gasteiger partial charge in [0, 0.05) is 42.4 Å². The van der Waals surface area contributed by atoms with Crippen LogP contribution >= 0.6 is 0 Å². The summed E-state index contributed by atoms with van der Waals surface area (Å²) in [5.41, 5.74) is 1.76. The minimum atomic E-state index is -0.271. The summed E-state index contributed by atoms with van der Waals surface area (Å²) in [6.07, 6.45) is 5.54. The van der Waals surface area contributed by atoms with Gasteiger partial charge in [-0.3, -0.25) is 4.79 Å². The Kier molecular flexibility index (Phi) is 5.96. The Labute approximate surface area is 154 Å². The second-order valence-corrected chi connectivity index (χ2v) is 6.95. The Morgan fingerprint density at radius 3 is 2.65 bits per heavy atom. The number of benzene rings is 1. The van der Waals surface area contributed by atoms with Crippen molar-refractivity contribution in [3.63, 3.8) is 0 Å². The van der Waals surface area contributed by atoms with Crippen LogP contribution < -0.4 is 0 Å². The van der Waals surface area contributed by atoms with Crippen molar-refractivity contribution in [1.82, 2.24) is 14.9 Å². The fourth-order valence-corrected chi connectivity index (χ4v) is 3.65. The van der Waals surface area contributed by atoms with E-state index >= 15 is 0 Å². The van der Waals surface area contributed by atoms with Crippen molar-refractivity contribution in [2.75, 3.05) is 13.1 Å². The maximum Gasteiger partial charge on any atom is 0.225 e. The first-order chi connectivity index (χ1) is 12.6. The number of hydrogen-bond donors (Lipinski definition) is 0. The fraction of sp³-hybridized carbons (Fsp3) is 0.476. The van der Waals surface area contributed by atoms with E-state index < -0.39 is 0 Å². The van der Waals surface area contributed by atoms with E-state index in [2.05, 4.69) is 18.8 Å². The Bertz CT molecular complexity index is 743. The van der Waals surface area contributed by atoms with Crippen molar-refractivity contribution in [1.29, 1.82) is 0 Å². The molecule has 2 aromatic rings. The number of amides is 1. The standard InChI is InChI=1S/C21H26FN3O/c1-3-15(4-2)21(26)25-13-5-6-17(14-25)19-11-12-23-20(24-19)16-7-9-18(22)10-8-16/h7-12,15,17H,3-6,13-14H2,1-2H3/t17-/m1/s1. The molecule has 1 fully saturated rings. The molecule has 1 aliphatic rings. The average molecular weight is 355 g/mol. The van der Waals surface area contributed by atoms with Gasteiger partial charge >= 0.3 is 0 Å². The van der Waals surface area contributed by atoms with E-state index in [1.54, 1.807) is 18.3 Å². The molecule has 0 saturated carbocycles. The largest absolute Gasteiger partial charge is 0.342 e. The molecule has 2 heterocycles. The molecule has 4 nitrogen and oxygen atoms in total. The molecule has 0 spiro atoms. The molecule has 5 heteroatoms. The Morgan fingerprint density at radius 1 is 1.23 bits per heavy atom. The van der Waals surface area contributed by atoms with Gasteiger partial charge < -0.3 is 4.90 Å². The molecule has 3 rings (SSSR count). The van der Waals surface area contributed by atoms with Gasteiger partial charge in [-0.2, -0.15) is 0 Å². The zero-order chi connectivity index (χ0) is 18.5. The highest BCUT2D eigenvalue weighted by atomic mass is 19.1. The van der Waals surface area contributed by atoms with Crippen LogP contribution in [-0.4, -0.2) is 33.9 Å². The highest BCUT2D eigenvalue weighted by molar-refractivity contribution is 5.79. The molecule has 0 N–H and O–H groups in total. The molecule has 0 unspecified atom stereocenters. The molecule has 1 aromatic heterocycles. The Morgan fingerprint density at radius 2 is 1.96 bits per heavy atom. The first kappa shape index (κ1) is 18.5. The Balaban J connectivity index is 1.77. The lowest BCUT2D eigenvalue weighted by Gasteiger charge is -2.34. The van der Waals surface area contributed by atoms with E-state index in [9.17, 15) is 9.18 Å². The lowest BCUT2D eigenvalue weighted by molar-refractivity contribution is -0.137. The smallest absolute Gasteiger partial charge is 0.225 e. The number of halogens is 1. The summed E-state index contributed by atoms with van der Waals surface area (Å²) in [5.74, 6) is 0.949. The number of likely N-dealkylation sites (tertiary alicyclic amines) is 1. The topological polar surface area (TPSA) is 46.1 Å². The number of nitrogens with zero attached hydrogens (tertiary/aromatic N) is 3. The lowest BCUT2D eigenvalue weighted by atomic mass is 9.92. The highest BCUT2D eigenvalue weighted by Crippen LogP contribution is 2.28. The predicted molar refractivity (Wildman–Crippen MR) is 100 cm³/mol. The van der Waals surface area contributed by atoms with Gasteiger partial charge in [0.1, 0.15) is 5.82 Å². The van der Waals surface area contributed by atoms with Crippen molar-refractivity contribution < 1.29 is 9.18 Å². The van der Waals surface area contributed by atoms with E-state index in [0.29, 0.717) is 5.82 Å². The van der Waals surface area contributed by atoms with Crippen molar-refractivity contribution in [2.24, 2.45) is 5.92 Å². The van der Waals surface area contributed by atoms with Gasteiger partial charge in [0.2, 0.25) is 5.91 Å². The lowest BCUT2D eigenvalue weighted by Crippen LogP contribution is -2.42. The van der Waals surface area contributed by atoms with E-state index in [4.69, 9.17) is 4.98 Å². The van der Waals surface area contributed by atoms with Crippen LogP contribution in [0.3, 0.4) is 0 Å². The molecule has 1 aliphatic heterocycles. The Hall–Kier alpha value is -2.30. The van der Waals surface area contributed by atoms with E-state index in [1.165, 1.54) is 12.1 Å². The number of aromatic nitrogens is 2. The highest BCUT2D eigenvalue weighted by Gasteiger charge is 2.28. The SMILES string of the molecule is CCC(CC)C(=O)N1CCC[C@@H](c2ccnc(-c3ccc(F)cc3)n2)C1. The van der Waals surface area contributed by atoms with Gasteiger partial charge in [-0.15, -0.1) is 0 Å². The van der Waals surface area contributed by atoms with Gasteiger partial charge in [-0.05, 0) is 56.0 Å². The second kappa shape index (κ2) is 8.39. The van der Waals surface area contributed by atoms with Crippen molar-refractivity contribution >= 4 is 5.91 Å². The van der Waals surface area contributed by atoms with Gasteiger partial charge in [-0.1, -0.05) is 13.8 Å². The molecule has 1 aromatic carbocycles. The van der Waals surface area contributed by atoms with Crippen LogP contribution in [0.4, 0.5) is 4.39 Å². The third-order valence-electron chi connectivity index (χ3n) is 5.27. The number of carbonyl (C=O) groups is 1. The molecular formula is C21H26FN3O. The summed E-state index contributed by atoms with van der Waals surface area (Å²) in [6, 6.07) is 8.16. The predicted octanol–water partition coefficient (Wildman–Crippen LogP) is 4.42. The van der Waals surface area contributed by atoms with Crippen LogP contribution in [0.15, 0.2) is 36.5 Å². The summed E-state index contributed by atoms with van der Waals surface area (Å²) in [7, 11) is 0. The molecule has 1 saturated heterocycles. The molecule has 0 aliphatic carbocycles. The normalized spacial score (nSPS) is 17.5. The average Bonchev–Trinajstić information content (AvgIpc) is 2.69. The van der Waals surface area contributed by atoms with Crippen LogP contribution in [-0.2, 0) is 4.79 Å². The molecule has 138 valence electrons. The molecule has 1 amide bonds. The summed E-state index contributed by atoms with van der Waals surface area (Å²) in [4.78, 5) is 23.8. The van der Waals surface area contributed by atoms with Crippen LogP contribution in [0.2, 0.25) is 0 Å². The van der Waals surface area contributed by atoms with E-state index in [-0.39, 0.29) is 23.6 Å². The maximum atomic E-state index is 13.1. The van der Waals surface area contributed by atoms with Crippen LogP contribution in [0, 0.1) is 11.7 Å². The molecule has 26 heavy (non-hydrogen) atoms. The fourth-order valence-electron chi connectivity index (χ4n) is 3.65. The van der Waals surface area contributed by atoms with Gasteiger partial charge in [0.05, 0.1) is 0 Å². The van der Waals surface area contributed by atoms with E-state index in [0.717, 1.165) is 50.0 Å². The summed E-state index contributed by atoms with van der Waals surface area (Å²) >= 11 is 0. The van der Waals surface area contributed by atoms with Gasteiger partial charge in [0.15, 0.2) is 5.82 Å². The molecular weight excluding hydrogens is 329 g/mol. The van der Waals surface area contributed by atoms with Crippen LogP contribution in [0.5, 0.6) is 0 Å². The summed E-state index contributed by atoms with van der Waals surface area (Å²) in [5, 5.41) is 0. The minimum absolute atomic E-state index is 0.119. The van der Waals surface area contributed by atoms with Crippen molar-refractivity contribution in [3.05, 3.63) is 48.0 Å². The first-order valence-corrected chi connectivity index (χ1v) is 9.50. The molecule has 0 bridgehead atoms. The van der Waals surface area contributed by atoms with Gasteiger partial charge in [0.25, 0.3) is 0 Å². The van der Waals surface area contributed by atoms with Crippen LogP contribution in [0.1, 0.15) is 51.1 Å². The number of hydrogen-bond acceptors (Lipinski definition) is 3. The monoisotopic (exact) mass is 355 g/mol. The van der Waals surface area contributed by atoms with Gasteiger partial charge in [-0.25, -0.2) is 14.4 Å². The zero-order valence-electron chi connectivity index (χ0n) is 15.5. The first-order valence-electron chi connectivity index (χ1n) is 9.50. The zero-order valence-corrected chi connectivity index (χ0v) is 15.5. The minimum Gasteiger partial charge on any atom is -0.342 e. The van der Waals surface area contributed by atoms with Crippen molar-refractivity contribution in [3.8, 4) is 11.4 Å². The third kappa shape index (κ3) is 4.09. The second-order valence-electron chi connectivity index (χ2n) is 6.95.